The standard InChI is InChI=1S/C20H22N4O4S/c1-12-2-4-14(5-3-12)24-17(15-10-29-11-16(15)22-24)21-18(25)19(26)23-8-6-13(7-9-23)20(27)28/h2-5,13H,6-11H2,1H3,(H,21,25)(H,27,28)/p-1. The maximum atomic E-state index is 12.7. The van der Waals surface area contributed by atoms with Crippen LogP contribution in [0.15, 0.2) is 24.3 Å². The van der Waals surface area contributed by atoms with E-state index in [0.29, 0.717) is 18.7 Å². The molecule has 1 aromatic heterocycles. The van der Waals surface area contributed by atoms with Gasteiger partial charge in [0, 0.05) is 42.0 Å². The molecule has 0 saturated carbocycles. The number of carbonyl (C=O) groups excluding carboxylic acids is 3. The number of carboxylic acids is 1. The van der Waals surface area contributed by atoms with E-state index in [1.807, 2.05) is 31.2 Å². The molecule has 0 unspecified atom stereocenters. The van der Waals surface area contributed by atoms with E-state index < -0.39 is 23.7 Å². The molecule has 9 heteroatoms. The Labute approximate surface area is 172 Å². The third kappa shape index (κ3) is 3.87. The zero-order chi connectivity index (χ0) is 20.5. The molecular weight excluding hydrogens is 392 g/mol. The van der Waals surface area contributed by atoms with Crippen LogP contribution in [0.1, 0.15) is 29.7 Å². The number of hydrogen-bond acceptors (Lipinski definition) is 6. The molecule has 2 amide bonds. The molecule has 0 radical (unpaired) electrons. The molecule has 1 N–H and O–H groups in total. The van der Waals surface area contributed by atoms with Crippen molar-refractivity contribution in [3.8, 4) is 5.69 Å². The van der Waals surface area contributed by atoms with E-state index in [1.54, 1.807) is 16.4 Å². The lowest BCUT2D eigenvalue weighted by atomic mass is 9.97. The molecule has 8 nitrogen and oxygen atoms in total. The number of carboxylic acid groups (broad SMARTS) is 1. The van der Waals surface area contributed by atoms with Gasteiger partial charge in [-0.3, -0.25) is 9.59 Å². The molecule has 29 heavy (non-hydrogen) atoms. The highest BCUT2D eigenvalue weighted by Crippen LogP contribution is 2.36. The second-order valence-electron chi connectivity index (χ2n) is 7.35. The Morgan fingerprint density at radius 2 is 1.83 bits per heavy atom. The van der Waals surface area contributed by atoms with Gasteiger partial charge in [0.1, 0.15) is 5.82 Å². The van der Waals surface area contributed by atoms with E-state index >= 15 is 0 Å². The van der Waals surface area contributed by atoms with Gasteiger partial charge in [-0.2, -0.15) is 16.9 Å². The van der Waals surface area contributed by atoms with Crippen LogP contribution >= 0.6 is 11.8 Å². The molecule has 3 heterocycles. The first-order valence-corrected chi connectivity index (χ1v) is 10.7. The number of amides is 2. The number of benzene rings is 1. The third-order valence-corrected chi connectivity index (χ3v) is 6.34. The maximum Gasteiger partial charge on any atom is 0.315 e. The molecule has 1 saturated heterocycles. The number of thioether (sulfide) groups is 1. The first-order chi connectivity index (χ1) is 13.9. The summed E-state index contributed by atoms with van der Waals surface area (Å²) in [6, 6.07) is 7.78. The predicted octanol–water partition coefficient (Wildman–Crippen LogP) is 0.855. The number of rotatable bonds is 3. The average molecular weight is 413 g/mol. The smallest absolute Gasteiger partial charge is 0.315 e. The van der Waals surface area contributed by atoms with E-state index in [1.165, 1.54) is 4.90 Å². The number of aromatic nitrogens is 2. The van der Waals surface area contributed by atoms with Gasteiger partial charge in [0.2, 0.25) is 0 Å². The summed E-state index contributed by atoms with van der Waals surface area (Å²) in [5.41, 5.74) is 3.78. The lowest BCUT2D eigenvalue weighted by Gasteiger charge is -2.31. The van der Waals surface area contributed by atoms with E-state index in [4.69, 9.17) is 0 Å². The topological polar surface area (TPSA) is 107 Å². The molecule has 2 aromatic rings. The molecule has 0 aliphatic carbocycles. The number of aryl methyl sites for hydroxylation is 1. The Morgan fingerprint density at radius 3 is 2.48 bits per heavy atom. The van der Waals surface area contributed by atoms with Gasteiger partial charge in [0.05, 0.1) is 11.4 Å². The molecule has 1 fully saturated rings. The van der Waals surface area contributed by atoms with Crippen LogP contribution in [0.2, 0.25) is 0 Å². The number of fused-ring (bicyclic) bond motifs is 1. The van der Waals surface area contributed by atoms with Crippen LogP contribution in [0.5, 0.6) is 0 Å². The van der Waals surface area contributed by atoms with Gasteiger partial charge in [-0.15, -0.1) is 0 Å². The number of hydrogen-bond donors (Lipinski definition) is 1. The number of piperidine rings is 1. The van der Waals surface area contributed by atoms with Crippen LogP contribution in [0.3, 0.4) is 0 Å². The lowest BCUT2D eigenvalue weighted by molar-refractivity contribution is -0.312. The van der Waals surface area contributed by atoms with Crippen molar-refractivity contribution in [2.75, 3.05) is 18.4 Å². The summed E-state index contributed by atoms with van der Waals surface area (Å²) in [5.74, 6) is -1.04. The van der Waals surface area contributed by atoms with E-state index in [2.05, 4.69) is 10.4 Å². The highest BCUT2D eigenvalue weighted by molar-refractivity contribution is 7.98. The van der Waals surface area contributed by atoms with Crippen molar-refractivity contribution < 1.29 is 19.5 Å². The highest BCUT2D eigenvalue weighted by atomic mass is 32.2. The van der Waals surface area contributed by atoms with E-state index in [9.17, 15) is 19.5 Å². The van der Waals surface area contributed by atoms with Crippen LogP contribution < -0.4 is 10.4 Å². The fourth-order valence-electron chi connectivity index (χ4n) is 3.64. The van der Waals surface area contributed by atoms with Crippen LogP contribution in [-0.2, 0) is 25.9 Å². The molecule has 152 valence electrons. The predicted molar refractivity (Wildman–Crippen MR) is 106 cm³/mol. The average Bonchev–Trinajstić information content (AvgIpc) is 3.31. The number of nitrogens with one attached hydrogen (secondary N) is 1. The zero-order valence-electron chi connectivity index (χ0n) is 16.0. The van der Waals surface area contributed by atoms with Crippen LogP contribution in [0.25, 0.3) is 5.69 Å². The van der Waals surface area contributed by atoms with Crippen LogP contribution in [0, 0.1) is 12.8 Å². The summed E-state index contributed by atoms with van der Waals surface area (Å²) in [4.78, 5) is 37.7. The maximum absolute atomic E-state index is 12.7. The molecule has 1 aromatic carbocycles. The molecular formula is C20H21N4O4S-. The largest absolute Gasteiger partial charge is 0.550 e. The van der Waals surface area contributed by atoms with Crippen LogP contribution in [0.4, 0.5) is 5.82 Å². The number of likely N-dealkylation sites (tertiary alicyclic amines) is 1. The molecule has 4 rings (SSSR count). The Hall–Kier alpha value is -2.81. The van der Waals surface area contributed by atoms with Gasteiger partial charge >= 0.3 is 11.8 Å². The van der Waals surface area contributed by atoms with Gasteiger partial charge in [-0.05, 0) is 31.9 Å². The van der Waals surface area contributed by atoms with Crippen molar-refractivity contribution in [2.45, 2.75) is 31.3 Å². The Balaban J connectivity index is 1.53. The van der Waals surface area contributed by atoms with Crippen molar-refractivity contribution in [3.05, 3.63) is 41.1 Å². The first kappa shape index (κ1) is 19.5. The quantitative estimate of drug-likeness (QED) is 0.748. The summed E-state index contributed by atoms with van der Waals surface area (Å²) in [5, 5.41) is 18.4. The normalized spacial score (nSPS) is 16.5. The molecule has 2 aliphatic heterocycles. The fraction of sp³-hybridized carbons (Fsp3) is 0.400. The van der Waals surface area contributed by atoms with Gasteiger partial charge in [0.25, 0.3) is 0 Å². The summed E-state index contributed by atoms with van der Waals surface area (Å²) >= 11 is 1.71. The van der Waals surface area contributed by atoms with Crippen molar-refractivity contribution in [1.29, 1.82) is 0 Å². The zero-order valence-corrected chi connectivity index (χ0v) is 16.8. The fourth-order valence-corrected chi connectivity index (χ4v) is 4.67. The first-order valence-electron chi connectivity index (χ1n) is 9.50. The van der Waals surface area contributed by atoms with Crippen molar-refractivity contribution >= 4 is 35.4 Å². The Kier molecular flexibility index (Phi) is 5.31. The SMILES string of the molecule is Cc1ccc(-n2nc3c(c2NC(=O)C(=O)N2CCC(C(=O)[O-])CC2)CSC3)cc1. The van der Waals surface area contributed by atoms with Gasteiger partial charge in [-0.25, -0.2) is 4.68 Å². The summed E-state index contributed by atoms with van der Waals surface area (Å²) in [6.45, 7) is 2.46. The van der Waals surface area contributed by atoms with E-state index in [0.717, 1.165) is 34.0 Å². The minimum absolute atomic E-state index is 0.232. The summed E-state index contributed by atoms with van der Waals surface area (Å²) < 4.78 is 1.68. The Bertz CT molecular complexity index is 962. The number of aliphatic carboxylic acids is 1. The van der Waals surface area contributed by atoms with Gasteiger partial charge in [-0.1, -0.05) is 17.7 Å². The number of anilines is 1. The van der Waals surface area contributed by atoms with Gasteiger partial charge in [0.15, 0.2) is 0 Å². The van der Waals surface area contributed by atoms with Gasteiger partial charge < -0.3 is 20.1 Å². The Morgan fingerprint density at radius 1 is 1.14 bits per heavy atom. The van der Waals surface area contributed by atoms with Crippen LogP contribution in [-0.4, -0.2) is 45.6 Å². The number of nitrogens with zero attached hydrogens (tertiary/aromatic N) is 3. The van der Waals surface area contributed by atoms with Crippen molar-refractivity contribution in [3.63, 3.8) is 0 Å². The summed E-state index contributed by atoms with van der Waals surface area (Å²) in [7, 11) is 0. The molecule has 0 atom stereocenters. The molecule has 0 bridgehead atoms. The monoisotopic (exact) mass is 413 g/mol. The van der Waals surface area contributed by atoms with Crippen molar-refractivity contribution in [2.24, 2.45) is 5.92 Å². The number of carbonyl (C=O) groups is 3. The van der Waals surface area contributed by atoms with E-state index in [-0.39, 0.29) is 13.1 Å². The summed E-state index contributed by atoms with van der Waals surface area (Å²) in [6.07, 6.45) is 0.601. The minimum atomic E-state index is -1.10. The highest BCUT2D eigenvalue weighted by Gasteiger charge is 2.30. The van der Waals surface area contributed by atoms with Crippen molar-refractivity contribution in [1.82, 2.24) is 14.7 Å². The molecule has 2 aliphatic rings. The lowest BCUT2D eigenvalue weighted by Crippen LogP contribution is -2.47. The minimum Gasteiger partial charge on any atom is -0.550 e. The molecule has 0 spiro atoms. The second kappa shape index (κ2) is 7.90. The second-order valence-corrected chi connectivity index (χ2v) is 8.34. The third-order valence-electron chi connectivity index (χ3n) is 5.37.